The number of guanidine groups is 1. The highest BCUT2D eigenvalue weighted by molar-refractivity contribution is 5.83. The highest BCUT2D eigenvalue weighted by Gasteiger charge is 2.23. The summed E-state index contributed by atoms with van der Waals surface area (Å²) in [4.78, 5) is 11.8. The topological polar surface area (TPSA) is 71.0 Å². The molecule has 0 aliphatic carbocycles. The lowest BCUT2D eigenvalue weighted by molar-refractivity contribution is 0.321. The van der Waals surface area contributed by atoms with Gasteiger partial charge >= 0.3 is 0 Å². The number of para-hydroxylation sites is 1. The van der Waals surface area contributed by atoms with Crippen LogP contribution in [0.2, 0.25) is 0 Å². The van der Waals surface area contributed by atoms with Gasteiger partial charge in [0.15, 0.2) is 5.96 Å². The van der Waals surface area contributed by atoms with Crippen LogP contribution in [0.4, 0.5) is 0 Å². The molecule has 0 saturated carbocycles. The largest absolute Gasteiger partial charge is 0.497 e. The second kappa shape index (κ2) is 11.0. The predicted octanol–water partition coefficient (Wildman–Crippen LogP) is 3.58. The SMILES string of the molecule is CCNC(=NCc1ccnc2ccccc12)NC1CCN(Cc2cc(OC)cc(OC)c2)C1. The fraction of sp³-hybridized carbons (Fsp3) is 0.385. The smallest absolute Gasteiger partial charge is 0.191 e. The quantitative estimate of drug-likeness (QED) is 0.406. The zero-order valence-corrected chi connectivity index (χ0v) is 19.7. The number of nitrogens with one attached hydrogen (secondary N) is 2. The minimum Gasteiger partial charge on any atom is -0.497 e. The molecule has 174 valence electrons. The van der Waals surface area contributed by atoms with Crippen molar-refractivity contribution in [2.45, 2.75) is 32.5 Å². The Balaban J connectivity index is 1.39. The van der Waals surface area contributed by atoms with E-state index < -0.39 is 0 Å². The number of hydrogen-bond donors (Lipinski definition) is 2. The number of benzene rings is 2. The Morgan fingerprint density at radius 1 is 1.12 bits per heavy atom. The summed E-state index contributed by atoms with van der Waals surface area (Å²) in [5, 5.41) is 8.18. The van der Waals surface area contributed by atoms with Crippen molar-refractivity contribution >= 4 is 16.9 Å². The molecule has 1 aliphatic rings. The van der Waals surface area contributed by atoms with Gasteiger partial charge in [0.25, 0.3) is 0 Å². The molecule has 1 aromatic heterocycles. The van der Waals surface area contributed by atoms with Gasteiger partial charge in [-0.05, 0) is 48.7 Å². The Morgan fingerprint density at radius 3 is 2.67 bits per heavy atom. The molecule has 1 atom stereocenters. The molecule has 2 heterocycles. The third-order valence-electron chi connectivity index (χ3n) is 5.92. The van der Waals surface area contributed by atoms with Gasteiger partial charge < -0.3 is 20.1 Å². The molecule has 1 unspecified atom stereocenters. The Kier molecular flexibility index (Phi) is 7.62. The van der Waals surface area contributed by atoms with E-state index in [2.05, 4.69) is 51.7 Å². The van der Waals surface area contributed by atoms with Crippen LogP contribution in [0.15, 0.2) is 59.7 Å². The Hall–Kier alpha value is -3.32. The van der Waals surface area contributed by atoms with Gasteiger partial charge in [-0.1, -0.05) is 18.2 Å². The second-order valence-electron chi connectivity index (χ2n) is 8.27. The van der Waals surface area contributed by atoms with Crippen LogP contribution in [0.5, 0.6) is 11.5 Å². The van der Waals surface area contributed by atoms with Crippen molar-refractivity contribution in [3.05, 3.63) is 65.9 Å². The summed E-state index contributed by atoms with van der Waals surface area (Å²) >= 11 is 0. The number of hydrogen-bond acceptors (Lipinski definition) is 5. The Labute approximate surface area is 195 Å². The van der Waals surface area contributed by atoms with E-state index in [1.807, 2.05) is 30.5 Å². The van der Waals surface area contributed by atoms with Crippen LogP contribution >= 0.6 is 0 Å². The third kappa shape index (κ3) is 5.93. The van der Waals surface area contributed by atoms with Crippen molar-refractivity contribution in [3.8, 4) is 11.5 Å². The van der Waals surface area contributed by atoms with E-state index in [-0.39, 0.29) is 0 Å². The van der Waals surface area contributed by atoms with Crippen LogP contribution in [0, 0.1) is 0 Å². The van der Waals surface area contributed by atoms with Crippen LogP contribution in [-0.2, 0) is 13.1 Å². The second-order valence-corrected chi connectivity index (χ2v) is 8.27. The monoisotopic (exact) mass is 447 g/mol. The number of pyridine rings is 1. The maximum Gasteiger partial charge on any atom is 0.191 e. The van der Waals surface area contributed by atoms with Gasteiger partial charge in [-0.3, -0.25) is 9.88 Å². The van der Waals surface area contributed by atoms with E-state index >= 15 is 0 Å². The average Bonchev–Trinajstić information content (AvgIpc) is 3.28. The highest BCUT2D eigenvalue weighted by atomic mass is 16.5. The summed E-state index contributed by atoms with van der Waals surface area (Å²) < 4.78 is 10.8. The number of methoxy groups -OCH3 is 2. The van der Waals surface area contributed by atoms with Gasteiger partial charge in [0.2, 0.25) is 0 Å². The Morgan fingerprint density at radius 2 is 1.91 bits per heavy atom. The molecule has 7 nitrogen and oxygen atoms in total. The van der Waals surface area contributed by atoms with Crippen molar-refractivity contribution in [2.75, 3.05) is 33.9 Å². The van der Waals surface area contributed by atoms with E-state index in [4.69, 9.17) is 14.5 Å². The summed E-state index contributed by atoms with van der Waals surface area (Å²) in [5.41, 5.74) is 3.37. The number of aliphatic imine (C=N–C) groups is 1. The first-order valence-electron chi connectivity index (χ1n) is 11.5. The molecule has 3 aromatic rings. The first-order chi connectivity index (χ1) is 16.2. The lowest BCUT2D eigenvalue weighted by atomic mass is 10.1. The summed E-state index contributed by atoms with van der Waals surface area (Å²) in [6.07, 6.45) is 2.93. The number of likely N-dealkylation sites (tertiary alicyclic amines) is 1. The van der Waals surface area contributed by atoms with Crippen molar-refractivity contribution in [3.63, 3.8) is 0 Å². The van der Waals surface area contributed by atoms with Crippen LogP contribution in [-0.4, -0.2) is 55.7 Å². The van der Waals surface area contributed by atoms with Gasteiger partial charge in [-0.25, -0.2) is 4.99 Å². The van der Waals surface area contributed by atoms with Crippen LogP contribution in [0.25, 0.3) is 10.9 Å². The first kappa shape index (κ1) is 22.9. The molecular formula is C26H33N5O2. The molecule has 0 bridgehead atoms. The lowest BCUT2D eigenvalue weighted by Crippen LogP contribution is -2.44. The van der Waals surface area contributed by atoms with Gasteiger partial charge in [0.1, 0.15) is 11.5 Å². The summed E-state index contributed by atoms with van der Waals surface area (Å²) in [7, 11) is 3.37. The van der Waals surface area contributed by atoms with Gasteiger partial charge in [-0.2, -0.15) is 0 Å². The van der Waals surface area contributed by atoms with Crippen molar-refractivity contribution in [1.29, 1.82) is 0 Å². The molecule has 2 N–H and O–H groups in total. The zero-order chi connectivity index (χ0) is 23.0. The lowest BCUT2D eigenvalue weighted by Gasteiger charge is -2.19. The van der Waals surface area contributed by atoms with E-state index in [9.17, 15) is 0 Å². The molecule has 4 rings (SSSR count). The van der Waals surface area contributed by atoms with Crippen LogP contribution < -0.4 is 20.1 Å². The molecule has 33 heavy (non-hydrogen) atoms. The molecule has 0 radical (unpaired) electrons. The third-order valence-corrected chi connectivity index (χ3v) is 5.92. The maximum atomic E-state index is 5.41. The molecule has 1 fully saturated rings. The Bertz CT molecular complexity index is 1070. The summed E-state index contributed by atoms with van der Waals surface area (Å²) in [5.74, 6) is 2.50. The molecule has 0 spiro atoms. The van der Waals surface area contributed by atoms with Gasteiger partial charge in [-0.15, -0.1) is 0 Å². The average molecular weight is 448 g/mol. The normalized spacial score (nSPS) is 16.7. The number of ether oxygens (including phenoxy) is 2. The van der Waals surface area contributed by atoms with Crippen LogP contribution in [0.3, 0.4) is 0 Å². The highest BCUT2D eigenvalue weighted by Crippen LogP contribution is 2.24. The van der Waals surface area contributed by atoms with E-state index in [0.717, 1.165) is 61.0 Å². The molecular weight excluding hydrogens is 414 g/mol. The van der Waals surface area contributed by atoms with Crippen molar-refractivity contribution in [2.24, 2.45) is 4.99 Å². The van der Waals surface area contributed by atoms with E-state index in [1.165, 1.54) is 11.1 Å². The standard InChI is InChI=1S/C26H33N5O2/c1-4-27-26(29-16-20-9-11-28-25-8-6-5-7-24(20)25)30-21-10-12-31(18-21)17-19-13-22(32-2)15-23(14-19)33-3/h5-9,11,13-15,21H,4,10,12,16-18H2,1-3H3,(H2,27,29,30). The van der Waals surface area contributed by atoms with Crippen molar-refractivity contribution in [1.82, 2.24) is 20.5 Å². The van der Waals surface area contributed by atoms with Gasteiger partial charge in [0.05, 0.1) is 26.3 Å². The molecule has 7 heteroatoms. The minimum atomic E-state index is 0.351. The fourth-order valence-electron chi connectivity index (χ4n) is 4.28. The van der Waals surface area contributed by atoms with E-state index in [0.29, 0.717) is 12.6 Å². The van der Waals surface area contributed by atoms with Gasteiger partial charge in [0, 0.05) is 49.9 Å². The molecule has 2 aromatic carbocycles. The molecule has 0 amide bonds. The van der Waals surface area contributed by atoms with Crippen molar-refractivity contribution < 1.29 is 9.47 Å². The van der Waals surface area contributed by atoms with E-state index in [1.54, 1.807) is 14.2 Å². The predicted molar refractivity (Wildman–Crippen MR) is 133 cm³/mol. The number of nitrogens with zero attached hydrogens (tertiary/aromatic N) is 3. The number of aromatic nitrogens is 1. The molecule has 1 aliphatic heterocycles. The van der Waals surface area contributed by atoms with Crippen LogP contribution in [0.1, 0.15) is 24.5 Å². The summed E-state index contributed by atoms with van der Waals surface area (Å²) in [6.45, 7) is 6.38. The maximum absolute atomic E-state index is 5.41. The molecule has 1 saturated heterocycles. The minimum absolute atomic E-state index is 0.351. The summed E-state index contributed by atoms with van der Waals surface area (Å²) in [6, 6.07) is 16.7. The fourth-order valence-corrected chi connectivity index (χ4v) is 4.28. The zero-order valence-electron chi connectivity index (χ0n) is 19.7. The number of fused-ring (bicyclic) bond motifs is 1. The number of rotatable bonds is 8. The first-order valence-corrected chi connectivity index (χ1v) is 11.5.